The molecule has 1 saturated heterocycles. The van der Waals surface area contributed by atoms with Crippen LogP contribution in [-0.2, 0) is 9.59 Å². The van der Waals surface area contributed by atoms with Crippen molar-refractivity contribution in [3.8, 4) is 5.82 Å². The van der Waals surface area contributed by atoms with Crippen molar-refractivity contribution in [3.63, 3.8) is 0 Å². The predicted molar refractivity (Wildman–Crippen MR) is 130 cm³/mol. The highest BCUT2D eigenvalue weighted by molar-refractivity contribution is 8.18. The Kier molecular flexibility index (Phi) is 6.20. The van der Waals surface area contributed by atoms with Crippen LogP contribution < -0.4 is 5.32 Å². The fourth-order valence-electron chi connectivity index (χ4n) is 3.88. The summed E-state index contributed by atoms with van der Waals surface area (Å²) < 4.78 is 1.99. The lowest BCUT2D eigenvalue weighted by Gasteiger charge is -2.15. The zero-order valence-electron chi connectivity index (χ0n) is 18.9. The van der Waals surface area contributed by atoms with E-state index in [0.29, 0.717) is 10.6 Å². The number of anilines is 1. The number of hydrogen-bond donors (Lipinski definition) is 1. The topological polar surface area (TPSA) is 84.3 Å². The molecule has 1 fully saturated rings. The standard InChI is InChI=1S/C25H24N4O3S/c1-15-8-7-9-16(2)23(15)27-22(30)14-28-24(31)20(33-25(28)32)13-19-12-17(3)29(18(19)4)21-10-5-6-11-26-21/h5-13H,14H2,1-4H3,(H,27,30)/b20-13-. The smallest absolute Gasteiger partial charge is 0.294 e. The molecule has 4 rings (SSSR count). The number of para-hydroxylation sites is 1. The minimum atomic E-state index is -0.468. The molecule has 1 aliphatic rings. The normalized spacial score (nSPS) is 14.9. The Labute approximate surface area is 196 Å². The van der Waals surface area contributed by atoms with Gasteiger partial charge in [0.1, 0.15) is 12.4 Å². The zero-order chi connectivity index (χ0) is 23.7. The summed E-state index contributed by atoms with van der Waals surface area (Å²) in [5.41, 5.74) is 5.23. The number of nitrogens with one attached hydrogen (secondary N) is 1. The van der Waals surface area contributed by atoms with Crippen molar-refractivity contribution in [1.82, 2.24) is 14.5 Å². The van der Waals surface area contributed by atoms with Gasteiger partial charge in [-0.25, -0.2) is 4.98 Å². The van der Waals surface area contributed by atoms with Gasteiger partial charge in [0.15, 0.2) is 0 Å². The van der Waals surface area contributed by atoms with Crippen LogP contribution in [0.15, 0.2) is 53.6 Å². The summed E-state index contributed by atoms with van der Waals surface area (Å²) in [7, 11) is 0. The SMILES string of the molecule is Cc1cccc(C)c1NC(=O)CN1C(=O)S/C(=C\c2cc(C)n(-c3ccccn3)c2C)C1=O. The Morgan fingerprint density at radius 1 is 1.06 bits per heavy atom. The second-order valence-electron chi connectivity index (χ2n) is 7.93. The number of aromatic nitrogens is 2. The molecule has 7 nitrogen and oxygen atoms in total. The molecule has 3 heterocycles. The average Bonchev–Trinajstić information content (AvgIpc) is 3.20. The third-order valence-electron chi connectivity index (χ3n) is 5.56. The number of nitrogens with zero attached hydrogens (tertiary/aromatic N) is 3. The number of benzene rings is 1. The molecule has 33 heavy (non-hydrogen) atoms. The van der Waals surface area contributed by atoms with Crippen LogP contribution in [-0.4, -0.2) is 38.0 Å². The lowest BCUT2D eigenvalue weighted by atomic mass is 10.1. The molecule has 0 spiro atoms. The van der Waals surface area contributed by atoms with E-state index in [4.69, 9.17) is 0 Å². The van der Waals surface area contributed by atoms with Crippen LogP contribution in [0.25, 0.3) is 11.9 Å². The second-order valence-corrected chi connectivity index (χ2v) is 8.93. The maximum atomic E-state index is 12.9. The molecule has 0 unspecified atom stereocenters. The van der Waals surface area contributed by atoms with Crippen LogP contribution in [0.1, 0.15) is 28.1 Å². The van der Waals surface area contributed by atoms with Gasteiger partial charge in [-0.3, -0.25) is 19.3 Å². The molecule has 8 heteroatoms. The van der Waals surface area contributed by atoms with Crippen LogP contribution in [0.3, 0.4) is 0 Å². The van der Waals surface area contributed by atoms with Gasteiger partial charge in [0.2, 0.25) is 5.91 Å². The van der Waals surface area contributed by atoms with Crippen molar-refractivity contribution >= 4 is 40.6 Å². The van der Waals surface area contributed by atoms with Gasteiger partial charge in [0, 0.05) is 23.3 Å². The molecule has 0 radical (unpaired) electrons. The van der Waals surface area contributed by atoms with Gasteiger partial charge in [-0.2, -0.15) is 0 Å². The first kappa shape index (κ1) is 22.5. The quantitative estimate of drug-likeness (QED) is 0.554. The maximum absolute atomic E-state index is 12.9. The number of rotatable bonds is 5. The number of aryl methyl sites for hydroxylation is 3. The van der Waals surface area contributed by atoms with E-state index in [9.17, 15) is 14.4 Å². The largest absolute Gasteiger partial charge is 0.324 e. The average molecular weight is 461 g/mol. The molecule has 1 aliphatic heterocycles. The van der Waals surface area contributed by atoms with Crippen LogP contribution in [0.5, 0.6) is 0 Å². The molecule has 1 N–H and O–H groups in total. The first-order valence-corrected chi connectivity index (χ1v) is 11.3. The highest BCUT2D eigenvalue weighted by atomic mass is 32.2. The number of amides is 3. The number of pyridine rings is 1. The van der Waals surface area contributed by atoms with Gasteiger partial charge in [-0.1, -0.05) is 24.3 Å². The van der Waals surface area contributed by atoms with E-state index in [1.165, 1.54) is 0 Å². The molecule has 3 amide bonds. The fraction of sp³-hybridized carbons (Fsp3) is 0.200. The van der Waals surface area contributed by atoms with E-state index in [1.807, 2.05) is 74.7 Å². The maximum Gasteiger partial charge on any atom is 0.294 e. The molecule has 2 aromatic heterocycles. The Hall–Kier alpha value is -3.65. The van der Waals surface area contributed by atoms with Gasteiger partial charge in [0.05, 0.1) is 4.91 Å². The van der Waals surface area contributed by atoms with Crippen LogP contribution in [0, 0.1) is 27.7 Å². The van der Waals surface area contributed by atoms with Gasteiger partial charge < -0.3 is 9.88 Å². The Bertz CT molecular complexity index is 1270. The van der Waals surface area contributed by atoms with Crippen molar-refractivity contribution in [1.29, 1.82) is 0 Å². The molecule has 168 valence electrons. The number of imide groups is 1. The number of carbonyl (C=O) groups excluding carboxylic acids is 3. The minimum Gasteiger partial charge on any atom is -0.324 e. The van der Waals surface area contributed by atoms with Crippen molar-refractivity contribution in [2.75, 3.05) is 11.9 Å². The van der Waals surface area contributed by atoms with Crippen molar-refractivity contribution in [3.05, 3.63) is 81.6 Å². The molecular formula is C25H24N4O3S. The molecule has 1 aromatic carbocycles. The minimum absolute atomic E-state index is 0.293. The highest BCUT2D eigenvalue weighted by Crippen LogP contribution is 2.33. The van der Waals surface area contributed by atoms with E-state index >= 15 is 0 Å². The van der Waals surface area contributed by atoms with E-state index in [1.54, 1.807) is 12.3 Å². The number of hydrogen-bond acceptors (Lipinski definition) is 5. The first-order valence-electron chi connectivity index (χ1n) is 10.5. The Balaban J connectivity index is 1.54. The van der Waals surface area contributed by atoms with Crippen LogP contribution in [0.4, 0.5) is 10.5 Å². The van der Waals surface area contributed by atoms with E-state index in [-0.39, 0.29) is 6.54 Å². The summed E-state index contributed by atoms with van der Waals surface area (Å²) in [5.74, 6) is -0.100. The van der Waals surface area contributed by atoms with Crippen molar-refractivity contribution in [2.45, 2.75) is 27.7 Å². The summed E-state index contributed by atoms with van der Waals surface area (Å²) in [4.78, 5) is 43.7. The zero-order valence-corrected chi connectivity index (χ0v) is 19.7. The molecule has 0 aliphatic carbocycles. The van der Waals surface area contributed by atoms with Crippen LogP contribution >= 0.6 is 11.8 Å². The summed E-state index contributed by atoms with van der Waals surface area (Å²) in [6, 6.07) is 13.3. The fourth-order valence-corrected chi connectivity index (χ4v) is 4.71. The highest BCUT2D eigenvalue weighted by Gasteiger charge is 2.36. The molecule has 0 bridgehead atoms. The van der Waals surface area contributed by atoms with Crippen LogP contribution in [0.2, 0.25) is 0 Å². The van der Waals surface area contributed by atoms with E-state index in [0.717, 1.165) is 50.6 Å². The summed E-state index contributed by atoms with van der Waals surface area (Å²) >= 11 is 0.845. The van der Waals surface area contributed by atoms with Crippen molar-refractivity contribution in [2.24, 2.45) is 0 Å². The lowest BCUT2D eigenvalue weighted by Crippen LogP contribution is -2.36. The molecule has 0 atom stereocenters. The first-order chi connectivity index (χ1) is 15.8. The number of carbonyl (C=O) groups is 3. The number of thioether (sulfide) groups is 1. The monoisotopic (exact) mass is 460 g/mol. The summed E-state index contributed by atoms with van der Waals surface area (Å²) in [6.07, 6.45) is 3.43. The second kappa shape index (κ2) is 9.07. The van der Waals surface area contributed by atoms with Crippen molar-refractivity contribution < 1.29 is 14.4 Å². The molecule has 0 saturated carbocycles. The van der Waals surface area contributed by atoms with Gasteiger partial charge in [0.25, 0.3) is 11.1 Å². The summed E-state index contributed by atoms with van der Waals surface area (Å²) in [6.45, 7) is 7.36. The van der Waals surface area contributed by atoms with Gasteiger partial charge in [-0.15, -0.1) is 0 Å². The lowest BCUT2D eigenvalue weighted by molar-refractivity contribution is -0.127. The molecular weight excluding hydrogens is 436 g/mol. The third-order valence-corrected chi connectivity index (χ3v) is 6.46. The Morgan fingerprint density at radius 2 is 1.79 bits per heavy atom. The van der Waals surface area contributed by atoms with Gasteiger partial charge >= 0.3 is 0 Å². The van der Waals surface area contributed by atoms with E-state index < -0.39 is 17.1 Å². The predicted octanol–water partition coefficient (Wildman–Crippen LogP) is 4.78. The van der Waals surface area contributed by atoms with E-state index in [2.05, 4.69) is 10.3 Å². The summed E-state index contributed by atoms with van der Waals surface area (Å²) in [5, 5.41) is 2.37. The Morgan fingerprint density at radius 3 is 2.45 bits per heavy atom. The molecule has 3 aromatic rings. The third kappa shape index (κ3) is 4.47. The van der Waals surface area contributed by atoms with Gasteiger partial charge in [-0.05, 0) is 80.4 Å².